The molecule has 3 aromatic rings. The number of anilines is 3. The van der Waals surface area contributed by atoms with Crippen molar-refractivity contribution in [1.82, 2.24) is 10.3 Å². The maximum Gasteiger partial charge on any atom is 0.319 e. The van der Waals surface area contributed by atoms with Crippen LogP contribution in [0, 0.1) is 0 Å². The minimum atomic E-state index is -0.246. The number of hydrogen-bond donors (Lipinski definition) is 2. The lowest BCUT2D eigenvalue weighted by atomic mass is 9.79. The smallest absolute Gasteiger partial charge is 0.319 e. The summed E-state index contributed by atoms with van der Waals surface area (Å²) in [5.41, 5.74) is 4.14. The maximum atomic E-state index is 13.4. The molecule has 2 aromatic carbocycles. The van der Waals surface area contributed by atoms with Crippen molar-refractivity contribution in [1.29, 1.82) is 0 Å². The first-order chi connectivity index (χ1) is 17.4. The summed E-state index contributed by atoms with van der Waals surface area (Å²) in [4.78, 5) is 20.5. The van der Waals surface area contributed by atoms with Gasteiger partial charge in [0.05, 0.1) is 5.54 Å². The van der Waals surface area contributed by atoms with Gasteiger partial charge in [0.1, 0.15) is 5.82 Å². The number of benzene rings is 2. The third-order valence-corrected chi connectivity index (χ3v) is 7.34. The zero-order chi connectivity index (χ0) is 25.5. The van der Waals surface area contributed by atoms with E-state index in [9.17, 15) is 4.79 Å². The average Bonchev–Trinajstić information content (AvgIpc) is 2.89. The van der Waals surface area contributed by atoms with E-state index in [1.165, 1.54) is 17.5 Å². The van der Waals surface area contributed by atoms with Crippen LogP contribution in [-0.2, 0) is 0 Å². The zero-order valence-electron chi connectivity index (χ0n) is 22.1. The molecule has 0 aliphatic heterocycles. The van der Waals surface area contributed by atoms with Crippen molar-refractivity contribution in [2.24, 2.45) is 0 Å². The predicted molar refractivity (Wildman–Crippen MR) is 150 cm³/mol. The summed E-state index contributed by atoms with van der Waals surface area (Å²) in [6.45, 7) is 9.23. The van der Waals surface area contributed by atoms with Crippen LogP contribution in [0.2, 0.25) is 0 Å². The van der Waals surface area contributed by atoms with Crippen LogP contribution in [0.4, 0.5) is 22.0 Å². The molecular weight excluding hydrogens is 444 g/mol. The summed E-state index contributed by atoms with van der Waals surface area (Å²) in [6.07, 6.45) is 7.33. The van der Waals surface area contributed by atoms with E-state index >= 15 is 0 Å². The lowest BCUT2D eigenvalue weighted by Crippen LogP contribution is -2.56. The quantitative estimate of drug-likeness (QED) is 0.341. The topological polar surface area (TPSA) is 57.3 Å². The molecule has 1 aromatic heterocycles. The number of rotatable bonds is 8. The second-order valence-electron chi connectivity index (χ2n) is 10.6. The van der Waals surface area contributed by atoms with Crippen LogP contribution in [0.5, 0.6) is 0 Å². The Labute approximate surface area is 216 Å². The van der Waals surface area contributed by atoms with Crippen molar-refractivity contribution >= 4 is 23.2 Å². The van der Waals surface area contributed by atoms with Crippen LogP contribution in [0.3, 0.4) is 0 Å². The van der Waals surface area contributed by atoms with Crippen molar-refractivity contribution in [3.05, 3.63) is 84.1 Å². The zero-order valence-corrected chi connectivity index (χ0v) is 22.1. The van der Waals surface area contributed by atoms with Crippen molar-refractivity contribution in [3.63, 3.8) is 0 Å². The van der Waals surface area contributed by atoms with E-state index in [-0.39, 0.29) is 11.6 Å². The number of aromatic nitrogens is 1. The summed E-state index contributed by atoms with van der Waals surface area (Å²) in [5, 5.41) is 6.51. The van der Waals surface area contributed by atoms with Gasteiger partial charge in [-0.3, -0.25) is 0 Å². The Balaban J connectivity index is 1.63. The minimum Gasteiger partial charge on any atom is -0.335 e. The van der Waals surface area contributed by atoms with E-state index in [4.69, 9.17) is 4.98 Å². The summed E-state index contributed by atoms with van der Waals surface area (Å²) < 4.78 is 0. The van der Waals surface area contributed by atoms with Gasteiger partial charge in [-0.05, 0) is 60.1 Å². The summed E-state index contributed by atoms with van der Waals surface area (Å²) in [5.74, 6) is 1.56. The van der Waals surface area contributed by atoms with Gasteiger partial charge in [-0.2, -0.15) is 0 Å². The Hall–Kier alpha value is -3.34. The summed E-state index contributed by atoms with van der Waals surface area (Å²) >= 11 is 0. The van der Waals surface area contributed by atoms with E-state index in [0.29, 0.717) is 18.4 Å². The highest BCUT2D eigenvalue weighted by Crippen LogP contribution is 2.41. The highest BCUT2D eigenvalue weighted by molar-refractivity contribution is 5.91. The SMILES string of the molecule is CC(C)c1cccc(C(C)C)c1NC(=O)NCC1(N(c2ccccc2)c2ccccn2)CCCCC1. The Morgan fingerprint density at radius 2 is 1.50 bits per heavy atom. The number of carbonyl (C=O) groups excluding carboxylic acids is 1. The molecule has 2 N–H and O–H groups in total. The van der Waals surface area contributed by atoms with Crippen LogP contribution >= 0.6 is 0 Å². The Kier molecular flexibility index (Phi) is 8.29. The molecule has 190 valence electrons. The monoisotopic (exact) mass is 484 g/mol. The second kappa shape index (κ2) is 11.6. The molecule has 0 saturated heterocycles. The van der Waals surface area contributed by atoms with E-state index in [1.807, 2.05) is 24.4 Å². The molecule has 1 aliphatic rings. The molecule has 0 unspecified atom stereocenters. The van der Waals surface area contributed by atoms with Gasteiger partial charge in [0, 0.05) is 24.1 Å². The van der Waals surface area contributed by atoms with Gasteiger partial charge < -0.3 is 15.5 Å². The highest BCUT2D eigenvalue weighted by atomic mass is 16.2. The fourth-order valence-corrected chi connectivity index (χ4v) is 5.50. The van der Waals surface area contributed by atoms with Gasteiger partial charge in [0.15, 0.2) is 0 Å². The Morgan fingerprint density at radius 1 is 0.861 bits per heavy atom. The highest BCUT2D eigenvalue weighted by Gasteiger charge is 2.40. The Morgan fingerprint density at radius 3 is 2.08 bits per heavy atom. The normalized spacial score (nSPS) is 15.1. The fraction of sp³-hybridized carbons (Fsp3) is 0.419. The molecule has 0 radical (unpaired) electrons. The van der Waals surface area contributed by atoms with Gasteiger partial charge in [0.25, 0.3) is 0 Å². The molecule has 1 fully saturated rings. The van der Waals surface area contributed by atoms with Crippen molar-refractivity contribution in [2.75, 3.05) is 16.8 Å². The number of amides is 2. The molecule has 1 heterocycles. The number of nitrogens with zero attached hydrogens (tertiary/aromatic N) is 2. The van der Waals surface area contributed by atoms with Gasteiger partial charge in [-0.25, -0.2) is 9.78 Å². The van der Waals surface area contributed by atoms with Crippen molar-refractivity contribution < 1.29 is 4.79 Å². The van der Waals surface area contributed by atoms with Crippen molar-refractivity contribution in [2.45, 2.75) is 77.2 Å². The lowest BCUT2D eigenvalue weighted by Gasteiger charge is -2.47. The number of urea groups is 1. The molecule has 0 atom stereocenters. The van der Waals surface area contributed by atoms with Gasteiger partial charge in [-0.1, -0.05) is 89.4 Å². The first-order valence-corrected chi connectivity index (χ1v) is 13.4. The van der Waals surface area contributed by atoms with Gasteiger partial charge in [-0.15, -0.1) is 0 Å². The molecular formula is C31H40N4O. The largest absolute Gasteiger partial charge is 0.335 e. The molecule has 1 aliphatic carbocycles. The molecule has 5 nitrogen and oxygen atoms in total. The Bertz CT molecular complexity index is 1060. The summed E-state index contributed by atoms with van der Waals surface area (Å²) in [6, 6.07) is 22.7. The van der Waals surface area contributed by atoms with Crippen LogP contribution in [0.15, 0.2) is 72.9 Å². The van der Waals surface area contributed by atoms with E-state index < -0.39 is 0 Å². The van der Waals surface area contributed by atoms with Crippen LogP contribution in [0.25, 0.3) is 0 Å². The third-order valence-electron chi connectivity index (χ3n) is 7.34. The van der Waals surface area contributed by atoms with Crippen LogP contribution < -0.4 is 15.5 Å². The molecule has 4 rings (SSSR count). The van der Waals surface area contributed by atoms with E-state index in [2.05, 4.69) is 91.8 Å². The number of carbonyl (C=O) groups is 1. The molecule has 0 bridgehead atoms. The number of hydrogen-bond acceptors (Lipinski definition) is 3. The summed E-state index contributed by atoms with van der Waals surface area (Å²) in [7, 11) is 0. The van der Waals surface area contributed by atoms with Gasteiger partial charge >= 0.3 is 6.03 Å². The van der Waals surface area contributed by atoms with E-state index in [1.54, 1.807) is 0 Å². The maximum absolute atomic E-state index is 13.4. The standard InChI is InChI=1S/C31H40N4O/c1-23(2)26-16-13-17-27(24(3)4)29(26)34-30(36)33-22-31(19-10-6-11-20-31)35(25-14-7-5-8-15-25)28-18-9-12-21-32-28/h5,7-9,12-18,21,23-24H,6,10-11,19-20,22H2,1-4H3,(H2,33,34,36). The van der Waals surface area contributed by atoms with E-state index in [0.717, 1.165) is 42.9 Å². The first kappa shape index (κ1) is 25.7. The van der Waals surface area contributed by atoms with Crippen LogP contribution in [0.1, 0.15) is 82.8 Å². The molecule has 0 spiro atoms. The van der Waals surface area contributed by atoms with Gasteiger partial charge in [0.2, 0.25) is 0 Å². The fourth-order valence-electron chi connectivity index (χ4n) is 5.50. The number of pyridine rings is 1. The predicted octanol–water partition coefficient (Wildman–Crippen LogP) is 7.99. The molecule has 2 amide bonds. The molecule has 1 saturated carbocycles. The number of para-hydroxylation sites is 2. The van der Waals surface area contributed by atoms with Crippen LogP contribution in [-0.4, -0.2) is 23.1 Å². The number of nitrogens with one attached hydrogen (secondary N) is 2. The average molecular weight is 485 g/mol. The lowest BCUT2D eigenvalue weighted by molar-refractivity contribution is 0.240. The van der Waals surface area contributed by atoms with Crippen molar-refractivity contribution in [3.8, 4) is 0 Å². The third kappa shape index (κ3) is 5.72. The second-order valence-corrected chi connectivity index (χ2v) is 10.6. The minimum absolute atomic E-state index is 0.149. The first-order valence-electron chi connectivity index (χ1n) is 13.4. The molecule has 5 heteroatoms. The molecule has 36 heavy (non-hydrogen) atoms.